The SMILES string of the molecule is CC(C)(O)CNc1cnn(CC(F)(F)F)c(=O)c1Br. The molecule has 5 nitrogen and oxygen atoms in total. The van der Waals surface area contributed by atoms with Gasteiger partial charge in [0.25, 0.3) is 5.56 Å². The Hall–Kier alpha value is -1.09. The molecule has 0 radical (unpaired) electrons. The summed E-state index contributed by atoms with van der Waals surface area (Å²) in [5, 5.41) is 15.7. The highest BCUT2D eigenvalue weighted by Crippen LogP contribution is 2.20. The van der Waals surface area contributed by atoms with Crippen LogP contribution in [0.15, 0.2) is 15.5 Å². The maximum Gasteiger partial charge on any atom is 0.408 e. The molecular formula is C10H13BrF3N3O2. The predicted octanol–water partition coefficient (Wildman–Crippen LogP) is 1.75. The van der Waals surface area contributed by atoms with Gasteiger partial charge in [0.1, 0.15) is 11.0 Å². The molecule has 2 N–H and O–H groups in total. The average Bonchev–Trinajstić information content (AvgIpc) is 2.21. The van der Waals surface area contributed by atoms with Crippen molar-refractivity contribution in [2.75, 3.05) is 11.9 Å². The Bertz CT molecular complexity index is 508. The number of rotatable bonds is 4. The molecule has 108 valence electrons. The zero-order valence-corrected chi connectivity index (χ0v) is 11.8. The molecule has 1 rings (SSSR count). The highest BCUT2D eigenvalue weighted by Gasteiger charge is 2.29. The van der Waals surface area contributed by atoms with Crippen LogP contribution in [0.3, 0.4) is 0 Å². The lowest BCUT2D eigenvalue weighted by atomic mass is 10.1. The summed E-state index contributed by atoms with van der Waals surface area (Å²) in [6.07, 6.45) is -3.42. The number of nitrogens with one attached hydrogen (secondary N) is 1. The molecule has 1 heterocycles. The second-order valence-electron chi connectivity index (χ2n) is 4.62. The van der Waals surface area contributed by atoms with Gasteiger partial charge in [0, 0.05) is 6.54 Å². The lowest BCUT2D eigenvalue weighted by Crippen LogP contribution is -2.33. The molecule has 0 fully saturated rings. The van der Waals surface area contributed by atoms with Crippen LogP contribution in [0, 0.1) is 0 Å². The summed E-state index contributed by atoms with van der Waals surface area (Å²) in [6, 6.07) is 0. The standard InChI is InChI=1S/C10H13BrF3N3O2/c1-9(2,19)4-15-6-3-16-17(5-10(12,13)14)8(18)7(6)11/h3,15,19H,4-5H2,1-2H3. The summed E-state index contributed by atoms with van der Waals surface area (Å²) in [5.41, 5.74) is -1.69. The van der Waals surface area contributed by atoms with Gasteiger partial charge in [-0.05, 0) is 29.8 Å². The Morgan fingerprint density at radius 2 is 2.05 bits per heavy atom. The minimum absolute atomic E-state index is 0.0593. The summed E-state index contributed by atoms with van der Waals surface area (Å²) in [7, 11) is 0. The largest absolute Gasteiger partial charge is 0.408 e. The maximum absolute atomic E-state index is 12.2. The monoisotopic (exact) mass is 343 g/mol. The number of anilines is 1. The zero-order chi connectivity index (χ0) is 14.8. The summed E-state index contributed by atoms with van der Waals surface area (Å²) in [6.45, 7) is 1.77. The Morgan fingerprint density at radius 3 is 2.53 bits per heavy atom. The van der Waals surface area contributed by atoms with Gasteiger partial charge in [0.2, 0.25) is 0 Å². The van der Waals surface area contributed by atoms with E-state index in [1.54, 1.807) is 13.8 Å². The van der Waals surface area contributed by atoms with Crippen molar-refractivity contribution in [1.29, 1.82) is 0 Å². The molecule has 9 heteroatoms. The molecular weight excluding hydrogens is 331 g/mol. The van der Waals surface area contributed by atoms with Crippen molar-refractivity contribution < 1.29 is 18.3 Å². The Kier molecular flexibility index (Phi) is 4.62. The van der Waals surface area contributed by atoms with Gasteiger partial charge >= 0.3 is 6.18 Å². The van der Waals surface area contributed by atoms with Crippen molar-refractivity contribution in [3.05, 3.63) is 21.0 Å². The van der Waals surface area contributed by atoms with E-state index >= 15 is 0 Å². The molecule has 0 aliphatic heterocycles. The summed E-state index contributed by atoms with van der Waals surface area (Å²) >= 11 is 2.92. The molecule has 0 bridgehead atoms. The van der Waals surface area contributed by atoms with Gasteiger partial charge in [-0.2, -0.15) is 18.3 Å². The first-order valence-electron chi connectivity index (χ1n) is 5.28. The Morgan fingerprint density at radius 1 is 1.47 bits per heavy atom. The normalized spacial score (nSPS) is 12.6. The summed E-state index contributed by atoms with van der Waals surface area (Å²) in [4.78, 5) is 11.6. The van der Waals surface area contributed by atoms with E-state index in [1.165, 1.54) is 0 Å². The van der Waals surface area contributed by atoms with Crippen LogP contribution in [0.5, 0.6) is 0 Å². The van der Waals surface area contributed by atoms with Gasteiger partial charge in [-0.1, -0.05) is 0 Å². The smallest absolute Gasteiger partial charge is 0.389 e. The number of halogens is 4. The maximum atomic E-state index is 12.2. The molecule has 0 spiro atoms. The molecule has 19 heavy (non-hydrogen) atoms. The molecule has 0 aliphatic rings. The van der Waals surface area contributed by atoms with Crippen molar-refractivity contribution >= 4 is 21.6 Å². The van der Waals surface area contributed by atoms with Crippen LogP contribution >= 0.6 is 15.9 Å². The molecule has 0 atom stereocenters. The van der Waals surface area contributed by atoms with Crippen molar-refractivity contribution in [3.63, 3.8) is 0 Å². The molecule has 0 unspecified atom stereocenters. The number of alkyl halides is 3. The van der Waals surface area contributed by atoms with Crippen LogP contribution in [0.25, 0.3) is 0 Å². The van der Waals surface area contributed by atoms with Crippen LogP contribution in [-0.2, 0) is 6.54 Å². The zero-order valence-electron chi connectivity index (χ0n) is 10.3. The van der Waals surface area contributed by atoms with E-state index < -0.39 is 23.9 Å². The highest BCUT2D eigenvalue weighted by atomic mass is 79.9. The van der Waals surface area contributed by atoms with Crippen molar-refractivity contribution in [2.45, 2.75) is 32.2 Å². The van der Waals surface area contributed by atoms with Gasteiger partial charge in [-0.15, -0.1) is 0 Å². The van der Waals surface area contributed by atoms with Crippen LogP contribution in [0.4, 0.5) is 18.9 Å². The van der Waals surface area contributed by atoms with Crippen molar-refractivity contribution in [1.82, 2.24) is 9.78 Å². The van der Waals surface area contributed by atoms with Crippen LogP contribution < -0.4 is 10.9 Å². The Balaban J connectivity index is 2.95. The molecule has 1 aromatic rings. The number of hydrogen-bond donors (Lipinski definition) is 2. The van der Waals surface area contributed by atoms with Gasteiger partial charge in [-0.3, -0.25) is 4.79 Å². The molecule has 0 saturated heterocycles. The third-order valence-corrected chi connectivity index (χ3v) is 2.79. The van der Waals surface area contributed by atoms with E-state index in [-0.39, 0.29) is 16.7 Å². The quantitative estimate of drug-likeness (QED) is 0.874. The third-order valence-electron chi connectivity index (χ3n) is 2.03. The van der Waals surface area contributed by atoms with Gasteiger partial charge < -0.3 is 10.4 Å². The topological polar surface area (TPSA) is 67.2 Å². The fourth-order valence-electron chi connectivity index (χ4n) is 1.18. The minimum atomic E-state index is -4.52. The highest BCUT2D eigenvalue weighted by molar-refractivity contribution is 9.10. The first-order valence-corrected chi connectivity index (χ1v) is 6.07. The molecule has 0 saturated carbocycles. The lowest BCUT2D eigenvalue weighted by Gasteiger charge is -2.19. The van der Waals surface area contributed by atoms with Gasteiger partial charge in [0.05, 0.1) is 17.5 Å². The van der Waals surface area contributed by atoms with Crippen molar-refractivity contribution in [2.24, 2.45) is 0 Å². The first kappa shape index (κ1) is 16.0. The first-order chi connectivity index (χ1) is 8.49. The fourth-order valence-corrected chi connectivity index (χ4v) is 1.63. The fraction of sp³-hybridized carbons (Fsp3) is 0.600. The number of hydrogen-bond acceptors (Lipinski definition) is 4. The summed E-state index contributed by atoms with van der Waals surface area (Å²) in [5.74, 6) is 0. The van der Waals surface area contributed by atoms with E-state index in [4.69, 9.17) is 0 Å². The van der Waals surface area contributed by atoms with E-state index in [0.29, 0.717) is 4.68 Å². The second kappa shape index (κ2) is 5.49. The van der Waals surface area contributed by atoms with Gasteiger partial charge in [-0.25, -0.2) is 4.68 Å². The van der Waals surface area contributed by atoms with E-state index in [0.717, 1.165) is 6.20 Å². The lowest BCUT2D eigenvalue weighted by molar-refractivity contribution is -0.143. The second-order valence-corrected chi connectivity index (χ2v) is 5.41. The minimum Gasteiger partial charge on any atom is -0.389 e. The summed E-state index contributed by atoms with van der Waals surface area (Å²) < 4.78 is 36.8. The predicted molar refractivity (Wildman–Crippen MR) is 67.0 cm³/mol. The average molecular weight is 344 g/mol. The molecule has 1 aromatic heterocycles. The van der Waals surface area contributed by atoms with Crippen LogP contribution in [0.2, 0.25) is 0 Å². The van der Waals surface area contributed by atoms with E-state index in [1.807, 2.05) is 0 Å². The van der Waals surface area contributed by atoms with E-state index in [9.17, 15) is 23.1 Å². The Labute approximate surface area is 115 Å². The van der Waals surface area contributed by atoms with Crippen molar-refractivity contribution in [3.8, 4) is 0 Å². The van der Waals surface area contributed by atoms with E-state index in [2.05, 4.69) is 26.3 Å². The van der Waals surface area contributed by atoms with Crippen LogP contribution in [-0.4, -0.2) is 33.2 Å². The number of aliphatic hydroxyl groups is 1. The van der Waals surface area contributed by atoms with Gasteiger partial charge in [0.15, 0.2) is 0 Å². The van der Waals surface area contributed by atoms with Crippen LogP contribution in [0.1, 0.15) is 13.8 Å². The third kappa shape index (κ3) is 5.19. The molecule has 0 aliphatic carbocycles. The number of nitrogens with zero attached hydrogens (tertiary/aromatic N) is 2. The molecule has 0 aromatic carbocycles. The number of aromatic nitrogens is 2. The molecule has 0 amide bonds.